The number of benzene rings is 1. The molecule has 0 atom stereocenters. The topological polar surface area (TPSA) is 25.8 Å². The highest BCUT2D eigenvalue weighted by Gasteiger charge is 2.02. The molecular weight excluding hydrogens is 172 g/mol. The van der Waals surface area contributed by atoms with Gasteiger partial charge in [0.05, 0.1) is 0 Å². The van der Waals surface area contributed by atoms with E-state index in [0.29, 0.717) is 0 Å². The van der Waals surface area contributed by atoms with Crippen molar-refractivity contribution in [1.29, 1.82) is 0 Å². The molecule has 2 rings (SSSR count). The molecule has 0 aliphatic carbocycles. The number of hydrogen-bond donors (Lipinski definition) is 0. The second-order valence-electron chi connectivity index (χ2n) is 2.86. The zero-order valence-electron chi connectivity index (χ0n) is 7.72. The molecule has 2 nitrogen and oxygen atoms in total. The molecule has 0 unspecified atom stereocenters. The minimum atomic E-state index is 0.739. The minimum absolute atomic E-state index is 0.739. The van der Waals surface area contributed by atoms with Crippen LogP contribution in [-0.4, -0.2) is 9.97 Å². The van der Waals surface area contributed by atoms with Crippen molar-refractivity contribution in [3.63, 3.8) is 0 Å². The quantitative estimate of drug-likeness (QED) is 0.713. The van der Waals surface area contributed by atoms with E-state index in [2.05, 4.69) is 16.5 Å². The van der Waals surface area contributed by atoms with Gasteiger partial charge in [0.2, 0.25) is 0 Å². The van der Waals surface area contributed by atoms with Crippen LogP contribution >= 0.6 is 0 Å². The number of nitrogens with zero attached hydrogens (tertiary/aromatic N) is 2. The molecule has 1 heterocycles. The van der Waals surface area contributed by atoms with E-state index in [1.807, 2.05) is 30.3 Å². The van der Waals surface area contributed by atoms with Gasteiger partial charge in [0.1, 0.15) is 0 Å². The lowest BCUT2D eigenvalue weighted by Gasteiger charge is -2.02. The first-order chi connectivity index (χ1) is 6.92. The summed E-state index contributed by atoms with van der Waals surface area (Å²) in [7, 11) is 0. The molecule has 0 spiro atoms. The summed E-state index contributed by atoms with van der Waals surface area (Å²) < 4.78 is 0. The lowest BCUT2D eigenvalue weighted by atomic mass is 10.1. The Morgan fingerprint density at radius 1 is 1.00 bits per heavy atom. The number of rotatable bonds is 2. The summed E-state index contributed by atoms with van der Waals surface area (Å²) in [5.74, 6) is 0.739. The van der Waals surface area contributed by atoms with Crippen molar-refractivity contribution >= 4 is 6.08 Å². The fourth-order valence-corrected chi connectivity index (χ4v) is 1.32. The van der Waals surface area contributed by atoms with Gasteiger partial charge in [0.25, 0.3) is 0 Å². The Bertz CT molecular complexity index is 435. The fraction of sp³-hybridized carbons (Fsp3) is 0. The van der Waals surface area contributed by atoms with Crippen LogP contribution in [0.3, 0.4) is 0 Å². The van der Waals surface area contributed by atoms with Crippen molar-refractivity contribution in [3.8, 4) is 11.4 Å². The van der Waals surface area contributed by atoms with Crippen LogP contribution in [0.4, 0.5) is 0 Å². The molecule has 0 aliphatic rings. The van der Waals surface area contributed by atoms with Crippen LogP contribution in [0, 0.1) is 0 Å². The second kappa shape index (κ2) is 3.83. The van der Waals surface area contributed by atoms with Crippen LogP contribution in [0.5, 0.6) is 0 Å². The lowest BCUT2D eigenvalue weighted by molar-refractivity contribution is 1.17. The van der Waals surface area contributed by atoms with Gasteiger partial charge in [-0.3, -0.25) is 0 Å². The molecular formula is C12H10N2. The maximum Gasteiger partial charge on any atom is 0.159 e. The van der Waals surface area contributed by atoms with E-state index in [9.17, 15) is 0 Å². The van der Waals surface area contributed by atoms with Crippen LogP contribution in [-0.2, 0) is 0 Å². The molecule has 0 amide bonds. The summed E-state index contributed by atoms with van der Waals surface area (Å²) in [6.07, 6.45) is 5.29. The Morgan fingerprint density at radius 3 is 2.43 bits per heavy atom. The standard InChI is InChI=1S/C12H10N2/c1-2-10-6-3-4-7-11(10)12-13-8-5-9-14-12/h2-9H,1H2. The van der Waals surface area contributed by atoms with E-state index in [0.717, 1.165) is 17.0 Å². The van der Waals surface area contributed by atoms with Gasteiger partial charge in [0, 0.05) is 18.0 Å². The molecule has 0 N–H and O–H groups in total. The predicted molar refractivity (Wildman–Crippen MR) is 57.6 cm³/mol. The van der Waals surface area contributed by atoms with E-state index in [1.54, 1.807) is 18.5 Å². The first-order valence-corrected chi connectivity index (χ1v) is 4.40. The van der Waals surface area contributed by atoms with Gasteiger partial charge < -0.3 is 0 Å². The molecule has 0 radical (unpaired) electrons. The Kier molecular flexibility index (Phi) is 2.36. The Hall–Kier alpha value is -1.96. The van der Waals surface area contributed by atoms with Crippen molar-refractivity contribution in [1.82, 2.24) is 9.97 Å². The Balaban J connectivity index is 2.57. The van der Waals surface area contributed by atoms with E-state index >= 15 is 0 Å². The highest BCUT2D eigenvalue weighted by Crippen LogP contribution is 2.19. The van der Waals surface area contributed by atoms with Gasteiger partial charge in [-0.05, 0) is 11.6 Å². The fourth-order valence-electron chi connectivity index (χ4n) is 1.32. The summed E-state index contributed by atoms with van der Waals surface area (Å²) >= 11 is 0. The summed E-state index contributed by atoms with van der Waals surface area (Å²) in [5.41, 5.74) is 2.07. The van der Waals surface area contributed by atoms with Crippen LogP contribution in [0.2, 0.25) is 0 Å². The van der Waals surface area contributed by atoms with Crippen molar-refractivity contribution in [2.24, 2.45) is 0 Å². The van der Waals surface area contributed by atoms with Gasteiger partial charge in [-0.2, -0.15) is 0 Å². The molecule has 2 aromatic rings. The smallest absolute Gasteiger partial charge is 0.159 e. The van der Waals surface area contributed by atoms with Crippen molar-refractivity contribution in [2.45, 2.75) is 0 Å². The summed E-state index contributed by atoms with van der Waals surface area (Å²) in [5, 5.41) is 0. The minimum Gasteiger partial charge on any atom is -0.237 e. The molecule has 0 saturated heterocycles. The van der Waals surface area contributed by atoms with Gasteiger partial charge in [-0.25, -0.2) is 9.97 Å². The molecule has 68 valence electrons. The zero-order chi connectivity index (χ0) is 9.80. The normalized spacial score (nSPS) is 9.71. The molecule has 0 aliphatic heterocycles. The average Bonchev–Trinajstić information content (AvgIpc) is 2.30. The number of hydrogen-bond acceptors (Lipinski definition) is 2. The van der Waals surface area contributed by atoms with Gasteiger partial charge in [-0.15, -0.1) is 0 Å². The third kappa shape index (κ3) is 1.55. The second-order valence-corrected chi connectivity index (χ2v) is 2.86. The Labute approximate surface area is 83.0 Å². The summed E-state index contributed by atoms with van der Waals surface area (Å²) in [6, 6.07) is 9.74. The van der Waals surface area contributed by atoms with E-state index in [-0.39, 0.29) is 0 Å². The molecule has 0 saturated carbocycles. The van der Waals surface area contributed by atoms with E-state index in [4.69, 9.17) is 0 Å². The maximum absolute atomic E-state index is 4.20. The summed E-state index contributed by atoms with van der Waals surface area (Å²) in [4.78, 5) is 8.40. The van der Waals surface area contributed by atoms with E-state index < -0.39 is 0 Å². The molecule has 1 aromatic carbocycles. The van der Waals surface area contributed by atoms with Crippen molar-refractivity contribution in [3.05, 3.63) is 54.9 Å². The molecule has 1 aromatic heterocycles. The highest BCUT2D eigenvalue weighted by atomic mass is 14.8. The van der Waals surface area contributed by atoms with Crippen LogP contribution in [0.1, 0.15) is 5.56 Å². The SMILES string of the molecule is C=Cc1ccccc1-c1ncccn1. The predicted octanol–water partition coefficient (Wildman–Crippen LogP) is 2.79. The molecule has 2 heteroatoms. The van der Waals surface area contributed by atoms with Gasteiger partial charge >= 0.3 is 0 Å². The van der Waals surface area contributed by atoms with Crippen molar-refractivity contribution < 1.29 is 0 Å². The maximum atomic E-state index is 4.20. The molecule has 0 bridgehead atoms. The van der Waals surface area contributed by atoms with Crippen LogP contribution < -0.4 is 0 Å². The third-order valence-corrected chi connectivity index (χ3v) is 1.99. The van der Waals surface area contributed by atoms with Crippen LogP contribution in [0.15, 0.2) is 49.3 Å². The Morgan fingerprint density at radius 2 is 1.71 bits per heavy atom. The lowest BCUT2D eigenvalue weighted by Crippen LogP contribution is -1.88. The monoisotopic (exact) mass is 182 g/mol. The van der Waals surface area contributed by atoms with Gasteiger partial charge in [-0.1, -0.05) is 36.9 Å². The first-order valence-electron chi connectivity index (χ1n) is 4.40. The first kappa shape index (κ1) is 8.63. The van der Waals surface area contributed by atoms with Crippen molar-refractivity contribution in [2.75, 3.05) is 0 Å². The highest BCUT2D eigenvalue weighted by molar-refractivity contribution is 5.69. The molecule has 0 fully saturated rings. The third-order valence-electron chi connectivity index (χ3n) is 1.99. The summed E-state index contributed by atoms with van der Waals surface area (Å²) in [6.45, 7) is 3.76. The average molecular weight is 182 g/mol. The van der Waals surface area contributed by atoms with Gasteiger partial charge in [0.15, 0.2) is 5.82 Å². The largest absolute Gasteiger partial charge is 0.237 e. The molecule has 14 heavy (non-hydrogen) atoms. The number of aromatic nitrogens is 2. The van der Waals surface area contributed by atoms with Crippen LogP contribution in [0.25, 0.3) is 17.5 Å². The van der Waals surface area contributed by atoms with E-state index in [1.165, 1.54) is 0 Å². The zero-order valence-corrected chi connectivity index (χ0v) is 7.72.